The molecule has 132 valence electrons. The monoisotopic (exact) mass is 357 g/mol. The molecule has 3 N–H and O–H groups in total. The molecule has 1 aromatic rings. The van der Waals surface area contributed by atoms with Gasteiger partial charge in [-0.25, -0.2) is 13.1 Å². The van der Waals surface area contributed by atoms with E-state index in [9.17, 15) is 18.3 Å². The zero-order valence-corrected chi connectivity index (χ0v) is 13.8. The summed E-state index contributed by atoms with van der Waals surface area (Å²) in [4.78, 5) is 10.8. The third kappa shape index (κ3) is 4.54. The highest BCUT2D eigenvalue weighted by molar-refractivity contribution is 7.89. The molecule has 0 radical (unpaired) electrons. The molecule has 1 aliphatic rings. The van der Waals surface area contributed by atoms with Gasteiger partial charge in [-0.1, -0.05) is 12.2 Å². The topological polar surface area (TPSA) is 122 Å². The van der Waals surface area contributed by atoms with E-state index in [1.54, 1.807) is 0 Å². The van der Waals surface area contributed by atoms with Gasteiger partial charge >= 0.3 is 5.97 Å². The number of hydrogen-bond acceptors (Lipinski definition) is 6. The maximum Gasteiger partial charge on any atom is 0.306 e. The zero-order valence-electron chi connectivity index (χ0n) is 13.0. The molecule has 2 rings (SSSR count). The van der Waals surface area contributed by atoms with Crippen LogP contribution in [-0.4, -0.2) is 56.6 Å². The summed E-state index contributed by atoms with van der Waals surface area (Å²) >= 11 is 0. The number of aliphatic carboxylic acids is 1. The number of rotatable bonds is 7. The van der Waals surface area contributed by atoms with Gasteiger partial charge in [-0.2, -0.15) is 0 Å². The van der Waals surface area contributed by atoms with Crippen LogP contribution in [0, 0.1) is 0 Å². The first-order valence-electron chi connectivity index (χ1n) is 7.18. The van der Waals surface area contributed by atoms with E-state index in [0.29, 0.717) is 5.75 Å². The summed E-state index contributed by atoms with van der Waals surface area (Å²) < 4.78 is 37.6. The molecular weight excluding hydrogens is 338 g/mol. The lowest BCUT2D eigenvalue weighted by molar-refractivity contribution is -0.141. The summed E-state index contributed by atoms with van der Waals surface area (Å²) in [7, 11) is -2.36. The number of ether oxygens (including phenoxy) is 2. The summed E-state index contributed by atoms with van der Waals surface area (Å²) in [5.41, 5.74) is 0. The fraction of sp³-hybridized carbons (Fsp3) is 0.400. The van der Waals surface area contributed by atoms with Crippen molar-refractivity contribution in [2.45, 2.75) is 29.6 Å². The molecule has 3 atom stereocenters. The van der Waals surface area contributed by atoms with Crippen molar-refractivity contribution >= 4 is 16.0 Å². The number of aliphatic hydroxyl groups excluding tert-OH is 1. The number of carbonyl (C=O) groups is 1. The van der Waals surface area contributed by atoms with E-state index in [1.165, 1.54) is 43.5 Å². The molecule has 0 bridgehead atoms. The first kappa shape index (κ1) is 18.4. The van der Waals surface area contributed by atoms with E-state index >= 15 is 0 Å². The lowest BCUT2D eigenvalue weighted by Crippen LogP contribution is -2.48. The molecule has 0 saturated carbocycles. The van der Waals surface area contributed by atoms with E-state index in [1.807, 2.05) is 0 Å². The third-order valence-corrected chi connectivity index (χ3v) is 4.98. The van der Waals surface area contributed by atoms with Gasteiger partial charge in [-0.15, -0.1) is 0 Å². The first-order chi connectivity index (χ1) is 11.4. The van der Waals surface area contributed by atoms with E-state index in [4.69, 9.17) is 14.6 Å². The summed E-state index contributed by atoms with van der Waals surface area (Å²) in [6, 6.07) is 5.04. The van der Waals surface area contributed by atoms with Gasteiger partial charge in [-0.05, 0) is 24.3 Å². The van der Waals surface area contributed by atoms with Crippen LogP contribution in [0.5, 0.6) is 5.75 Å². The molecule has 0 aromatic heterocycles. The Kier molecular flexibility index (Phi) is 5.94. The Hall–Kier alpha value is -1.94. The average molecular weight is 357 g/mol. The SMILES string of the molecule is COc1ccc(S(=O)(=O)N[C@@H]2C=C[C@@H](CC(=O)O)O[C@H]2CO)cc1. The lowest BCUT2D eigenvalue weighted by atomic mass is 10.1. The molecule has 0 saturated heterocycles. The fourth-order valence-electron chi connectivity index (χ4n) is 2.28. The van der Waals surface area contributed by atoms with E-state index in [2.05, 4.69) is 4.72 Å². The standard InChI is InChI=1S/C15H19NO7S/c1-22-10-2-5-12(6-3-10)24(20,21)16-13-7-4-11(8-15(18)19)23-14(13)9-17/h2-7,11,13-14,16-17H,8-9H2,1H3,(H,18,19)/t11-,13+,14-/m0/s1. The second-order valence-electron chi connectivity index (χ2n) is 5.20. The normalized spacial score (nSPS) is 23.8. The average Bonchev–Trinajstić information content (AvgIpc) is 2.55. The fourth-order valence-corrected chi connectivity index (χ4v) is 3.50. The lowest BCUT2D eigenvalue weighted by Gasteiger charge is -2.31. The van der Waals surface area contributed by atoms with Crippen LogP contribution in [0.4, 0.5) is 0 Å². The number of aliphatic hydroxyl groups is 1. The van der Waals surface area contributed by atoms with Crippen LogP contribution >= 0.6 is 0 Å². The number of hydrogen-bond donors (Lipinski definition) is 3. The van der Waals surface area contributed by atoms with Crippen LogP contribution in [0.25, 0.3) is 0 Å². The molecule has 24 heavy (non-hydrogen) atoms. The predicted octanol–water partition coefficient (Wildman–Crippen LogP) is 0.133. The van der Waals surface area contributed by atoms with Gasteiger partial charge in [-0.3, -0.25) is 4.79 Å². The number of benzene rings is 1. The van der Waals surface area contributed by atoms with Crippen molar-refractivity contribution in [1.82, 2.24) is 4.72 Å². The van der Waals surface area contributed by atoms with Crippen molar-refractivity contribution in [2.24, 2.45) is 0 Å². The molecule has 0 unspecified atom stereocenters. The van der Waals surface area contributed by atoms with Gasteiger partial charge in [0.2, 0.25) is 10.0 Å². The Morgan fingerprint density at radius 2 is 1.96 bits per heavy atom. The van der Waals surface area contributed by atoms with Crippen LogP contribution in [0.1, 0.15) is 6.42 Å². The third-order valence-electron chi connectivity index (χ3n) is 3.50. The smallest absolute Gasteiger partial charge is 0.306 e. The Labute approximate surface area is 139 Å². The van der Waals surface area contributed by atoms with Gasteiger partial charge < -0.3 is 19.7 Å². The highest BCUT2D eigenvalue weighted by atomic mass is 32.2. The molecule has 9 heteroatoms. The number of nitrogens with one attached hydrogen (secondary N) is 1. The van der Waals surface area contributed by atoms with Crippen molar-refractivity contribution in [3.05, 3.63) is 36.4 Å². The molecule has 1 heterocycles. The van der Waals surface area contributed by atoms with Crippen LogP contribution in [0.2, 0.25) is 0 Å². The summed E-state index contributed by atoms with van der Waals surface area (Å²) in [5, 5.41) is 18.2. The summed E-state index contributed by atoms with van der Waals surface area (Å²) in [5.74, 6) is -0.516. The van der Waals surface area contributed by atoms with Crippen molar-refractivity contribution in [3.8, 4) is 5.75 Å². The molecule has 0 fully saturated rings. The van der Waals surface area contributed by atoms with Crippen LogP contribution in [0.3, 0.4) is 0 Å². The second kappa shape index (κ2) is 7.75. The Morgan fingerprint density at radius 1 is 1.29 bits per heavy atom. The van der Waals surface area contributed by atoms with Crippen molar-refractivity contribution in [2.75, 3.05) is 13.7 Å². The maximum absolute atomic E-state index is 12.4. The Balaban J connectivity index is 2.13. The Bertz CT molecular complexity index is 699. The number of sulfonamides is 1. The number of carboxylic acid groups (broad SMARTS) is 1. The largest absolute Gasteiger partial charge is 0.497 e. The summed E-state index contributed by atoms with van der Waals surface area (Å²) in [6.45, 7) is -0.448. The molecule has 0 spiro atoms. The van der Waals surface area contributed by atoms with Crippen molar-refractivity contribution in [1.29, 1.82) is 0 Å². The van der Waals surface area contributed by atoms with E-state index in [0.717, 1.165) is 0 Å². The zero-order chi connectivity index (χ0) is 17.7. The Morgan fingerprint density at radius 3 is 2.50 bits per heavy atom. The minimum absolute atomic E-state index is 0.0426. The first-order valence-corrected chi connectivity index (χ1v) is 8.67. The molecule has 0 aliphatic carbocycles. The van der Waals surface area contributed by atoms with Gasteiger partial charge in [0, 0.05) is 0 Å². The minimum atomic E-state index is -3.83. The van der Waals surface area contributed by atoms with Crippen molar-refractivity contribution < 1.29 is 32.9 Å². The van der Waals surface area contributed by atoms with Crippen LogP contribution in [0.15, 0.2) is 41.3 Å². The van der Waals surface area contributed by atoms with E-state index in [-0.39, 0.29) is 11.3 Å². The van der Waals surface area contributed by atoms with Crippen molar-refractivity contribution in [3.63, 3.8) is 0 Å². The summed E-state index contributed by atoms with van der Waals surface area (Å²) in [6.07, 6.45) is 1.14. The highest BCUT2D eigenvalue weighted by Crippen LogP contribution is 2.19. The second-order valence-corrected chi connectivity index (χ2v) is 6.91. The molecule has 1 aliphatic heterocycles. The van der Waals surface area contributed by atoms with Gasteiger partial charge in [0.1, 0.15) is 11.9 Å². The van der Waals surface area contributed by atoms with Gasteiger partial charge in [0.25, 0.3) is 0 Å². The minimum Gasteiger partial charge on any atom is -0.497 e. The van der Waals surface area contributed by atoms with Gasteiger partial charge in [0.05, 0.1) is 37.2 Å². The number of carboxylic acids is 1. The maximum atomic E-state index is 12.4. The number of methoxy groups -OCH3 is 1. The molecule has 0 amide bonds. The predicted molar refractivity (Wildman–Crippen MR) is 84.2 cm³/mol. The quantitative estimate of drug-likeness (QED) is 0.593. The van der Waals surface area contributed by atoms with Crippen LogP contribution in [-0.2, 0) is 19.6 Å². The van der Waals surface area contributed by atoms with Gasteiger partial charge in [0.15, 0.2) is 0 Å². The highest BCUT2D eigenvalue weighted by Gasteiger charge is 2.31. The molecule has 8 nitrogen and oxygen atoms in total. The molecule has 1 aromatic carbocycles. The molecular formula is C15H19NO7S. The van der Waals surface area contributed by atoms with E-state index < -0.39 is 40.8 Å². The van der Waals surface area contributed by atoms with Crippen LogP contribution < -0.4 is 9.46 Å².